The highest BCUT2D eigenvalue weighted by Gasteiger charge is 2.62. The highest BCUT2D eigenvalue weighted by atomic mass is 16.1. The van der Waals surface area contributed by atoms with Crippen LogP contribution in [0.2, 0.25) is 0 Å². The van der Waals surface area contributed by atoms with Gasteiger partial charge in [-0.1, -0.05) is 11.1 Å². The van der Waals surface area contributed by atoms with Gasteiger partial charge in [0.05, 0.1) is 0 Å². The number of carbonyl (C=O) groups is 1. The van der Waals surface area contributed by atoms with Crippen LogP contribution in [0, 0.1) is 23.7 Å². The molecular formula is C11H14O. The maximum Gasteiger partial charge on any atom is 0.140 e. The van der Waals surface area contributed by atoms with E-state index in [2.05, 4.69) is 13.8 Å². The molecule has 0 aromatic carbocycles. The molecule has 0 saturated heterocycles. The van der Waals surface area contributed by atoms with Crippen LogP contribution in [0.3, 0.4) is 0 Å². The summed E-state index contributed by atoms with van der Waals surface area (Å²) >= 11 is 0. The molecule has 1 nitrogen and oxygen atoms in total. The summed E-state index contributed by atoms with van der Waals surface area (Å²) in [4.78, 5) is 11.6. The van der Waals surface area contributed by atoms with Gasteiger partial charge in [-0.3, -0.25) is 4.79 Å². The van der Waals surface area contributed by atoms with Crippen LogP contribution < -0.4 is 0 Å². The molecule has 4 fully saturated rings. The normalized spacial score (nSPS) is 48.2. The van der Waals surface area contributed by atoms with Crippen LogP contribution in [0.15, 0.2) is 11.1 Å². The summed E-state index contributed by atoms with van der Waals surface area (Å²) in [7, 11) is 0. The van der Waals surface area contributed by atoms with Crippen LogP contribution in [0.5, 0.6) is 0 Å². The largest absolute Gasteiger partial charge is 0.299 e. The first-order chi connectivity index (χ1) is 5.70. The molecule has 12 heavy (non-hydrogen) atoms. The maximum absolute atomic E-state index is 11.6. The van der Waals surface area contributed by atoms with Crippen LogP contribution in [0.1, 0.15) is 26.7 Å². The van der Waals surface area contributed by atoms with Crippen molar-refractivity contribution in [2.75, 3.05) is 0 Å². The second-order valence-electron chi connectivity index (χ2n) is 4.76. The smallest absolute Gasteiger partial charge is 0.140 e. The molecule has 0 aromatic heterocycles. The number of ketones is 1. The lowest BCUT2D eigenvalue weighted by molar-refractivity contribution is -0.122. The van der Waals surface area contributed by atoms with Gasteiger partial charge in [0.25, 0.3) is 0 Å². The van der Waals surface area contributed by atoms with Gasteiger partial charge in [-0.25, -0.2) is 0 Å². The highest BCUT2D eigenvalue weighted by molar-refractivity contribution is 5.91. The Labute approximate surface area is 72.8 Å². The number of rotatable bonds is 0. The average Bonchev–Trinajstić information content (AvgIpc) is 2.65. The molecule has 0 amide bonds. The first-order valence-corrected chi connectivity index (χ1v) is 4.91. The molecule has 0 spiro atoms. The van der Waals surface area contributed by atoms with Crippen molar-refractivity contribution in [1.29, 1.82) is 0 Å². The molecule has 4 bridgehead atoms. The van der Waals surface area contributed by atoms with E-state index >= 15 is 0 Å². The Bertz CT molecular complexity index is 274. The van der Waals surface area contributed by atoms with Gasteiger partial charge >= 0.3 is 0 Å². The third-order valence-electron chi connectivity index (χ3n) is 4.09. The van der Waals surface area contributed by atoms with E-state index < -0.39 is 0 Å². The van der Waals surface area contributed by atoms with Gasteiger partial charge in [0, 0.05) is 11.8 Å². The van der Waals surface area contributed by atoms with Gasteiger partial charge in [0.1, 0.15) is 5.78 Å². The molecule has 4 atom stereocenters. The van der Waals surface area contributed by atoms with Crippen LogP contribution in [0.4, 0.5) is 0 Å². The second kappa shape index (κ2) is 1.84. The fourth-order valence-electron chi connectivity index (χ4n) is 3.81. The van der Waals surface area contributed by atoms with Crippen molar-refractivity contribution in [1.82, 2.24) is 0 Å². The molecule has 1 heteroatoms. The van der Waals surface area contributed by atoms with Crippen LogP contribution in [0.25, 0.3) is 0 Å². The fraction of sp³-hybridized carbons (Fsp3) is 0.727. The van der Waals surface area contributed by atoms with E-state index in [1.54, 1.807) is 5.57 Å². The molecule has 4 saturated carbocycles. The standard InChI is InChI=1S/C11H14O/c1-5(2)10-6-3-8-7(10)4-9(6)11(8)12/h6-9H,3-4H2,1-2H3. The molecular weight excluding hydrogens is 148 g/mol. The third-order valence-corrected chi connectivity index (χ3v) is 4.09. The minimum atomic E-state index is 0.449. The topological polar surface area (TPSA) is 17.1 Å². The van der Waals surface area contributed by atoms with E-state index in [9.17, 15) is 4.79 Å². The second-order valence-corrected chi connectivity index (χ2v) is 4.76. The van der Waals surface area contributed by atoms with Gasteiger partial charge in [-0.15, -0.1) is 0 Å². The Morgan fingerprint density at radius 2 is 1.58 bits per heavy atom. The maximum atomic E-state index is 11.6. The number of hydrogen-bond donors (Lipinski definition) is 0. The van der Waals surface area contributed by atoms with Gasteiger partial charge < -0.3 is 0 Å². The molecule has 64 valence electrons. The molecule has 0 N–H and O–H groups in total. The van der Waals surface area contributed by atoms with Crippen molar-refractivity contribution in [3.8, 4) is 0 Å². The van der Waals surface area contributed by atoms with Gasteiger partial charge in [0.2, 0.25) is 0 Å². The van der Waals surface area contributed by atoms with Crippen molar-refractivity contribution in [2.45, 2.75) is 26.7 Å². The van der Waals surface area contributed by atoms with Crippen molar-refractivity contribution >= 4 is 5.78 Å². The van der Waals surface area contributed by atoms with Gasteiger partial charge in [-0.2, -0.15) is 0 Å². The predicted octanol–water partition coefficient (Wildman–Crippen LogP) is 2.18. The average molecular weight is 162 g/mol. The van der Waals surface area contributed by atoms with Crippen LogP contribution in [-0.2, 0) is 4.79 Å². The lowest BCUT2D eigenvalue weighted by Crippen LogP contribution is -2.14. The lowest BCUT2D eigenvalue weighted by Gasteiger charge is -2.13. The van der Waals surface area contributed by atoms with E-state index in [4.69, 9.17) is 0 Å². The number of hydrogen-bond acceptors (Lipinski definition) is 1. The predicted molar refractivity (Wildman–Crippen MR) is 46.6 cm³/mol. The highest BCUT2D eigenvalue weighted by Crippen LogP contribution is 2.64. The van der Waals surface area contributed by atoms with Gasteiger partial charge in [0.15, 0.2) is 0 Å². The van der Waals surface area contributed by atoms with Gasteiger partial charge in [-0.05, 0) is 38.5 Å². The molecule has 4 unspecified atom stereocenters. The zero-order chi connectivity index (χ0) is 8.46. The first kappa shape index (κ1) is 6.88. The third kappa shape index (κ3) is 0.531. The summed E-state index contributed by atoms with van der Waals surface area (Å²) < 4.78 is 0. The first-order valence-electron chi connectivity index (χ1n) is 4.91. The fourth-order valence-corrected chi connectivity index (χ4v) is 3.81. The van der Waals surface area contributed by atoms with Crippen molar-refractivity contribution < 1.29 is 4.79 Å². The molecule has 4 rings (SSSR count). The van der Waals surface area contributed by atoms with Crippen molar-refractivity contribution in [2.24, 2.45) is 23.7 Å². The van der Waals surface area contributed by atoms with Crippen LogP contribution >= 0.6 is 0 Å². The van der Waals surface area contributed by atoms with Crippen molar-refractivity contribution in [3.63, 3.8) is 0 Å². The molecule has 0 radical (unpaired) electrons. The Morgan fingerprint density at radius 3 is 1.92 bits per heavy atom. The van der Waals surface area contributed by atoms with Crippen LogP contribution in [-0.4, -0.2) is 5.78 Å². The zero-order valence-corrected chi connectivity index (χ0v) is 7.63. The number of carbonyl (C=O) groups excluding carboxylic acids is 1. The summed E-state index contributed by atoms with van der Waals surface area (Å²) in [5, 5.41) is 0. The monoisotopic (exact) mass is 162 g/mol. The van der Waals surface area contributed by atoms with E-state index in [0.29, 0.717) is 29.5 Å². The lowest BCUT2D eigenvalue weighted by atomic mass is 9.91. The van der Waals surface area contributed by atoms with E-state index in [1.165, 1.54) is 18.4 Å². The summed E-state index contributed by atoms with van der Waals surface area (Å²) in [6.07, 6.45) is 2.38. The SMILES string of the molecule is CC(C)=C1C2CC3C(=O)C2CC13. The molecule has 0 heterocycles. The van der Waals surface area contributed by atoms with E-state index in [1.807, 2.05) is 0 Å². The Kier molecular flexibility index (Phi) is 1.05. The summed E-state index contributed by atoms with van der Waals surface area (Å²) in [6, 6.07) is 0. The van der Waals surface area contributed by atoms with E-state index in [0.717, 1.165) is 0 Å². The summed E-state index contributed by atoms with van der Waals surface area (Å²) in [5.41, 5.74) is 3.15. The quantitative estimate of drug-likeness (QED) is 0.499. The summed E-state index contributed by atoms with van der Waals surface area (Å²) in [5.74, 6) is 2.85. The Hall–Kier alpha value is -0.590. The summed E-state index contributed by atoms with van der Waals surface area (Å²) in [6.45, 7) is 4.41. The molecule has 0 aliphatic heterocycles. The van der Waals surface area contributed by atoms with E-state index in [-0.39, 0.29) is 0 Å². The minimum Gasteiger partial charge on any atom is -0.299 e. The zero-order valence-electron chi connectivity index (χ0n) is 7.63. The van der Waals surface area contributed by atoms with Crippen molar-refractivity contribution in [3.05, 3.63) is 11.1 Å². The molecule has 0 aromatic rings. The Morgan fingerprint density at radius 1 is 1.08 bits per heavy atom. The number of Topliss-reactive ketones (excluding diaryl/α,β-unsaturated/α-hetero) is 1. The minimum absolute atomic E-state index is 0.449. The Balaban J connectivity index is 2.13. The molecule has 4 aliphatic carbocycles. The molecule has 4 aliphatic rings. The number of allylic oxidation sites excluding steroid dienone is 2.